The summed E-state index contributed by atoms with van der Waals surface area (Å²) in [5.74, 6) is 0.501. The molecule has 3 N–H and O–H groups in total. The summed E-state index contributed by atoms with van der Waals surface area (Å²) in [5.41, 5.74) is 6.38. The first kappa shape index (κ1) is 12.4. The molecule has 2 saturated heterocycles. The van der Waals surface area contributed by atoms with Crippen LogP contribution in [-0.4, -0.2) is 42.0 Å². The van der Waals surface area contributed by atoms with Crippen LogP contribution in [0.2, 0.25) is 0 Å². The molecule has 0 bridgehead atoms. The molecule has 3 rings (SSSR count). The van der Waals surface area contributed by atoms with Crippen LogP contribution >= 0.6 is 0 Å². The SMILES string of the molecule is NC1CCCCCC1N1CCCC2C(=O)NCC21. The summed E-state index contributed by atoms with van der Waals surface area (Å²) in [6.07, 6.45) is 8.49. The van der Waals surface area contributed by atoms with Crippen LogP contribution < -0.4 is 11.1 Å². The molecular weight excluding hydrogens is 226 g/mol. The van der Waals surface area contributed by atoms with Crippen molar-refractivity contribution in [2.24, 2.45) is 11.7 Å². The number of rotatable bonds is 1. The molecule has 18 heavy (non-hydrogen) atoms. The summed E-state index contributed by atoms with van der Waals surface area (Å²) in [6.45, 7) is 1.97. The zero-order valence-electron chi connectivity index (χ0n) is 11.1. The lowest BCUT2D eigenvalue weighted by molar-refractivity contribution is -0.124. The van der Waals surface area contributed by atoms with Crippen LogP contribution in [0.1, 0.15) is 44.9 Å². The van der Waals surface area contributed by atoms with E-state index in [9.17, 15) is 4.79 Å². The van der Waals surface area contributed by atoms with Gasteiger partial charge in [0.25, 0.3) is 0 Å². The number of carbonyl (C=O) groups excluding carboxylic acids is 1. The van der Waals surface area contributed by atoms with E-state index in [1.54, 1.807) is 0 Å². The number of hydrogen-bond acceptors (Lipinski definition) is 3. The molecule has 0 spiro atoms. The molecule has 4 heteroatoms. The molecular formula is C14H25N3O. The second kappa shape index (κ2) is 5.17. The molecule has 4 nitrogen and oxygen atoms in total. The second-order valence-electron chi connectivity index (χ2n) is 6.17. The van der Waals surface area contributed by atoms with Gasteiger partial charge in [-0.3, -0.25) is 9.69 Å². The van der Waals surface area contributed by atoms with Crippen LogP contribution in [0.4, 0.5) is 0 Å². The zero-order valence-corrected chi connectivity index (χ0v) is 11.1. The minimum Gasteiger partial charge on any atom is -0.354 e. The maximum absolute atomic E-state index is 11.8. The minimum atomic E-state index is 0.231. The van der Waals surface area contributed by atoms with Crippen molar-refractivity contribution in [2.75, 3.05) is 13.1 Å². The molecule has 1 aliphatic carbocycles. The van der Waals surface area contributed by atoms with Gasteiger partial charge in [0.05, 0.1) is 5.92 Å². The minimum absolute atomic E-state index is 0.231. The van der Waals surface area contributed by atoms with Crippen molar-refractivity contribution in [1.29, 1.82) is 0 Å². The summed E-state index contributed by atoms with van der Waals surface area (Å²) in [5, 5.41) is 3.04. The van der Waals surface area contributed by atoms with Crippen LogP contribution in [-0.2, 0) is 4.79 Å². The van der Waals surface area contributed by atoms with E-state index in [0.29, 0.717) is 18.1 Å². The molecule has 0 aromatic rings. The maximum Gasteiger partial charge on any atom is 0.224 e. The summed E-state index contributed by atoms with van der Waals surface area (Å²) in [6, 6.07) is 1.23. The summed E-state index contributed by atoms with van der Waals surface area (Å²) in [4.78, 5) is 14.4. The lowest BCUT2D eigenvalue weighted by Crippen LogP contribution is -2.56. The van der Waals surface area contributed by atoms with Gasteiger partial charge in [0, 0.05) is 24.7 Å². The predicted molar refractivity (Wildman–Crippen MR) is 71.1 cm³/mol. The Morgan fingerprint density at radius 2 is 1.89 bits per heavy atom. The molecule has 1 amide bonds. The second-order valence-corrected chi connectivity index (χ2v) is 6.17. The number of fused-ring (bicyclic) bond motifs is 1. The Morgan fingerprint density at radius 3 is 2.78 bits per heavy atom. The third-order valence-electron chi connectivity index (χ3n) is 5.10. The molecule has 4 unspecified atom stereocenters. The van der Waals surface area contributed by atoms with Crippen molar-refractivity contribution >= 4 is 5.91 Å². The van der Waals surface area contributed by atoms with Crippen LogP contribution in [0, 0.1) is 5.92 Å². The number of nitrogens with zero attached hydrogens (tertiary/aromatic N) is 1. The average Bonchev–Trinajstić information content (AvgIpc) is 2.63. The van der Waals surface area contributed by atoms with Crippen LogP contribution in [0.15, 0.2) is 0 Å². The normalized spacial score (nSPS) is 42.2. The Morgan fingerprint density at radius 1 is 1.06 bits per heavy atom. The van der Waals surface area contributed by atoms with E-state index in [0.717, 1.165) is 32.4 Å². The Labute approximate surface area is 109 Å². The Kier molecular flexibility index (Phi) is 3.57. The third-order valence-corrected chi connectivity index (χ3v) is 5.10. The number of hydrogen-bond donors (Lipinski definition) is 2. The Hall–Kier alpha value is -0.610. The van der Waals surface area contributed by atoms with E-state index in [1.807, 2.05) is 0 Å². The number of piperidine rings is 1. The highest BCUT2D eigenvalue weighted by Gasteiger charge is 2.44. The average molecular weight is 251 g/mol. The number of carbonyl (C=O) groups is 1. The predicted octanol–water partition coefficient (Wildman–Crippen LogP) is 0.857. The number of likely N-dealkylation sites (tertiary alicyclic amines) is 1. The van der Waals surface area contributed by atoms with Gasteiger partial charge >= 0.3 is 0 Å². The van der Waals surface area contributed by atoms with E-state index >= 15 is 0 Å². The van der Waals surface area contributed by atoms with E-state index in [-0.39, 0.29) is 11.8 Å². The highest BCUT2D eigenvalue weighted by Crippen LogP contribution is 2.32. The van der Waals surface area contributed by atoms with Gasteiger partial charge in [0.1, 0.15) is 0 Å². The largest absolute Gasteiger partial charge is 0.354 e. The fraction of sp³-hybridized carbons (Fsp3) is 0.929. The van der Waals surface area contributed by atoms with Crippen LogP contribution in [0.3, 0.4) is 0 Å². The number of nitrogens with one attached hydrogen (secondary N) is 1. The highest BCUT2D eigenvalue weighted by atomic mass is 16.2. The van der Waals surface area contributed by atoms with Crippen LogP contribution in [0.5, 0.6) is 0 Å². The zero-order chi connectivity index (χ0) is 12.5. The van der Waals surface area contributed by atoms with Gasteiger partial charge in [0.15, 0.2) is 0 Å². The van der Waals surface area contributed by atoms with Gasteiger partial charge in [-0.25, -0.2) is 0 Å². The van der Waals surface area contributed by atoms with E-state index in [4.69, 9.17) is 5.73 Å². The summed E-state index contributed by atoms with van der Waals surface area (Å²) >= 11 is 0. The number of nitrogens with two attached hydrogens (primary N) is 1. The smallest absolute Gasteiger partial charge is 0.224 e. The third kappa shape index (κ3) is 2.16. The first-order valence-electron chi connectivity index (χ1n) is 7.56. The highest BCUT2D eigenvalue weighted by molar-refractivity contribution is 5.82. The van der Waals surface area contributed by atoms with Gasteiger partial charge in [-0.05, 0) is 32.2 Å². The first-order chi connectivity index (χ1) is 8.77. The molecule has 0 aromatic heterocycles. The number of amides is 1. The summed E-state index contributed by atoms with van der Waals surface area (Å²) in [7, 11) is 0. The lowest BCUT2D eigenvalue weighted by atomic mass is 9.88. The first-order valence-corrected chi connectivity index (χ1v) is 7.56. The lowest BCUT2D eigenvalue weighted by Gasteiger charge is -2.43. The maximum atomic E-state index is 11.8. The topological polar surface area (TPSA) is 58.4 Å². The van der Waals surface area contributed by atoms with Gasteiger partial charge in [-0.1, -0.05) is 19.3 Å². The quantitative estimate of drug-likeness (QED) is 0.680. The molecule has 0 aromatic carbocycles. The van der Waals surface area contributed by atoms with Gasteiger partial charge < -0.3 is 11.1 Å². The molecule has 102 valence electrons. The molecule has 0 radical (unpaired) electrons. The monoisotopic (exact) mass is 251 g/mol. The Balaban J connectivity index is 1.75. The molecule has 1 saturated carbocycles. The molecule has 3 aliphatic rings. The van der Waals surface area contributed by atoms with E-state index in [1.165, 1.54) is 25.7 Å². The standard InChI is InChI=1S/C14H25N3O/c15-11-6-2-1-3-7-12(11)17-8-4-5-10-13(17)9-16-14(10)18/h10-13H,1-9,15H2,(H,16,18). The van der Waals surface area contributed by atoms with Gasteiger partial charge in [0.2, 0.25) is 5.91 Å². The van der Waals surface area contributed by atoms with E-state index in [2.05, 4.69) is 10.2 Å². The van der Waals surface area contributed by atoms with Crippen LogP contribution in [0.25, 0.3) is 0 Å². The van der Waals surface area contributed by atoms with Gasteiger partial charge in [-0.15, -0.1) is 0 Å². The van der Waals surface area contributed by atoms with Crippen molar-refractivity contribution in [3.63, 3.8) is 0 Å². The van der Waals surface area contributed by atoms with E-state index < -0.39 is 0 Å². The molecule has 2 heterocycles. The molecule has 3 fully saturated rings. The molecule has 2 aliphatic heterocycles. The van der Waals surface area contributed by atoms with Crippen molar-refractivity contribution < 1.29 is 4.79 Å². The van der Waals surface area contributed by atoms with Crippen molar-refractivity contribution in [3.05, 3.63) is 0 Å². The van der Waals surface area contributed by atoms with Crippen molar-refractivity contribution in [1.82, 2.24) is 10.2 Å². The molecule has 4 atom stereocenters. The fourth-order valence-electron chi connectivity index (χ4n) is 4.12. The Bertz CT molecular complexity index is 320. The summed E-state index contributed by atoms with van der Waals surface area (Å²) < 4.78 is 0. The fourth-order valence-corrected chi connectivity index (χ4v) is 4.12. The van der Waals surface area contributed by atoms with Crippen molar-refractivity contribution in [2.45, 2.75) is 63.1 Å². The van der Waals surface area contributed by atoms with Gasteiger partial charge in [-0.2, -0.15) is 0 Å². The van der Waals surface area contributed by atoms with Crippen molar-refractivity contribution in [3.8, 4) is 0 Å².